The Balaban J connectivity index is 2.93. The molecule has 0 aliphatic carbocycles. The molecule has 4 heteroatoms. The second-order valence-electron chi connectivity index (χ2n) is 3.36. The van der Waals surface area contributed by atoms with Crippen molar-refractivity contribution in [3.63, 3.8) is 0 Å². The van der Waals surface area contributed by atoms with Gasteiger partial charge in [-0.25, -0.2) is 0 Å². The highest BCUT2D eigenvalue weighted by atomic mass is 35.5. The zero-order valence-corrected chi connectivity index (χ0v) is 10.4. The molecule has 0 radical (unpaired) electrons. The van der Waals surface area contributed by atoms with Gasteiger partial charge >= 0.3 is 0 Å². The number of nitrogens with zero attached hydrogens (tertiary/aromatic N) is 1. The van der Waals surface area contributed by atoms with Gasteiger partial charge < -0.3 is 5.11 Å². The van der Waals surface area contributed by atoms with Crippen LogP contribution in [0.3, 0.4) is 0 Å². The standard InChI is InChI=1S/C11H15Cl2NO/c1-3-14(4-2)7-8-5-9(12)6-10(13)11(8)15/h5-6,15H,3-4,7H2,1-2H3. The molecule has 84 valence electrons. The van der Waals surface area contributed by atoms with Crippen LogP contribution in [0.4, 0.5) is 0 Å². The molecule has 0 saturated heterocycles. The molecule has 0 fully saturated rings. The van der Waals surface area contributed by atoms with Gasteiger partial charge in [-0.15, -0.1) is 0 Å². The number of phenolic OH excluding ortho intramolecular Hbond substituents is 1. The van der Waals surface area contributed by atoms with Crippen LogP contribution in [-0.4, -0.2) is 23.1 Å². The fourth-order valence-electron chi connectivity index (χ4n) is 1.43. The minimum atomic E-state index is 0.132. The van der Waals surface area contributed by atoms with Crippen LogP contribution < -0.4 is 0 Å². The van der Waals surface area contributed by atoms with Crippen LogP contribution in [0.2, 0.25) is 10.0 Å². The lowest BCUT2D eigenvalue weighted by molar-refractivity contribution is 0.291. The average Bonchev–Trinajstić information content (AvgIpc) is 2.21. The summed E-state index contributed by atoms with van der Waals surface area (Å²) in [6.07, 6.45) is 0. The molecule has 0 unspecified atom stereocenters. The van der Waals surface area contributed by atoms with Crippen LogP contribution >= 0.6 is 23.2 Å². The van der Waals surface area contributed by atoms with Crippen LogP contribution in [0.5, 0.6) is 5.75 Å². The first-order valence-corrected chi connectivity index (χ1v) is 5.73. The minimum absolute atomic E-state index is 0.132. The fourth-order valence-corrected chi connectivity index (χ4v) is 1.96. The van der Waals surface area contributed by atoms with E-state index in [1.54, 1.807) is 12.1 Å². The summed E-state index contributed by atoms with van der Waals surface area (Å²) in [6, 6.07) is 3.30. The highest BCUT2D eigenvalue weighted by Gasteiger charge is 2.10. The molecular formula is C11H15Cl2NO. The summed E-state index contributed by atoms with van der Waals surface area (Å²) in [5.74, 6) is 0.132. The summed E-state index contributed by atoms with van der Waals surface area (Å²) < 4.78 is 0. The molecule has 0 aliphatic rings. The van der Waals surface area contributed by atoms with Gasteiger partial charge in [0.25, 0.3) is 0 Å². The van der Waals surface area contributed by atoms with Crippen LogP contribution in [0.1, 0.15) is 19.4 Å². The van der Waals surface area contributed by atoms with Crippen LogP contribution in [0, 0.1) is 0 Å². The van der Waals surface area contributed by atoms with Gasteiger partial charge in [0.1, 0.15) is 5.75 Å². The molecule has 0 bridgehead atoms. The molecule has 0 aromatic heterocycles. The van der Waals surface area contributed by atoms with Gasteiger partial charge in [0.2, 0.25) is 0 Å². The zero-order chi connectivity index (χ0) is 11.4. The van der Waals surface area contributed by atoms with E-state index in [0.717, 1.165) is 18.7 Å². The van der Waals surface area contributed by atoms with Crippen molar-refractivity contribution in [2.24, 2.45) is 0 Å². The minimum Gasteiger partial charge on any atom is -0.506 e. The van der Waals surface area contributed by atoms with E-state index in [2.05, 4.69) is 18.7 Å². The third-order valence-electron chi connectivity index (χ3n) is 2.40. The molecule has 1 aromatic rings. The van der Waals surface area contributed by atoms with Crippen molar-refractivity contribution in [3.05, 3.63) is 27.7 Å². The SMILES string of the molecule is CCN(CC)Cc1cc(Cl)cc(Cl)c1O. The second-order valence-corrected chi connectivity index (χ2v) is 4.20. The fraction of sp³-hybridized carbons (Fsp3) is 0.455. The number of phenols is 1. The summed E-state index contributed by atoms with van der Waals surface area (Å²) >= 11 is 11.7. The highest BCUT2D eigenvalue weighted by Crippen LogP contribution is 2.31. The van der Waals surface area contributed by atoms with Crippen molar-refractivity contribution < 1.29 is 5.11 Å². The molecule has 1 rings (SSSR count). The first-order chi connectivity index (χ1) is 7.08. The number of hydrogen-bond acceptors (Lipinski definition) is 2. The Morgan fingerprint density at radius 1 is 1.20 bits per heavy atom. The lowest BCUT2D eigenvalue weighted by atomic mass is 10.2. The van der Waals surface area contributed by atoms with E-state index in [9.17, 15) is 5.11 Å². The smallest absolute Gasteiger partial charge is 0.138 e. The van der Waals surface area contributed by atoms with E-state index in [1.165, 1.54) is 0 Å². The number of hydrogen-bond donors (Lipinski definition) is 1. The predicted molar refractivity (Wildman–Crippen MR) is 64.8 cm³/mol. The summed E-state index contributed by atoms with van der Waals surface area (Å²) in [5.41, 5.74) is 0.774. The summed E-state index contributed by atoms with van der Waals surface area (Å²) in [6.45, 7) is 6.68. The van der Waals surface area contributed by atoms with Crippen LogP contribution in [-0.2, 0) is 6.54 Å². The number of halogens is 2. The molecule has 0 heterocycles. The highest BCUT2D eigenvalue weighted by molar-refractivity contribution is 6.35. The summed E-state index contributed by atoms with van der Waals surface area (Å²) in [4.78, 5) is 2.18. The Bertz CT molecular complexity index is 338. The Kier molecular flexibility index (Phi) is 4.71. The van der Waals surface area contributed by atoms with Crippen molar-refractivity contribution in [2.75, 3.05) is 13.1 Å². The van der Waals surface area contributed by atoms with E-state index in [4.69, 9.17) is 23.2 Å². The molecule has 1 N–H and O–H groups in total. The maximum Gasteiger partial charge on any atom is 0.138 e. The van der Waals surface area contributed by atoms with Gasteiger partial charge in [-0.1, -0.05) is 37.0 Å². The van der Waals surface area contributed by atoms with Gasteiger partial charge in [-0.05, 0) is 25.2 Å². The maximum absolute atomic E-state index is 9.74. The van der Waals surface area contributed by atoms with Crippen molar-refractivity contribution in [3.8, 4) is 5.75 Å². The quantitative estimate of drug-likeness (QED) is 0.880. The third kappa shape index (κ3) is 3.26. The summed E-state index contributed by atoms with van der Waals surface area (Å²) in [5, 5.41) is 10.6. The van der Waals surface area contributed by atoms with Crippen molar-refractivity contribution in [2.45, 2.75) is 20.4 Å². The Labute approximate surface area is 100 Å². The van der Waals surface area contributed by atoms with Gasteiger partial charge in [-0.3, -0.25) is 4.90 Å². The van der Waals surface area contributed by atoms with E-state index >= 15 is 0 Å². The van der Waals surface area contributed by atoms with Gasteiger partial charge in [-0.2, -0.15) is 0 Å². The molecule has 0 spiro atoms. The molecular weight excluding hydrogens is 233 g/mol. The molecule has 2 nitrogen and oxygen atoms in total. The van der Waals surface area contributed by atoms with Crippen molar-refractivity contribution in [1.82, 2.24) is 4.90 Å². The number of aromatic hydroxyl groups is 1. The van der Waals surface area contributed by atoms with Crippen LogP contribution in [0.15, 0.2) is 12.1 Å². The Morgan fingerprint density at radius 3 is 2.33 bits per heavy atom. The normalized spacial score (nSPS) is 11.0. The third-order valence-corrected chi connectivity index (χ3v) is 2.90. The Hall–Kier alpha value is -0.440. The largest absolute Gasteiger partial charge is 0.506 e. The molecule has 0 amide bonds. The first-order valence-electron chi connectivity index (χ1n) is 4.97. The van der Waals surface area contributed by atoms with E-state index in [1.807, 2.05) is 0 Å². The lowest BCUT2D eigenvalue weighted by Crippen LogP contribution is -2.22. The average molecular weight is 248 g/mol. The number of benzene rings is 1. The lowest BCUT2D eigenvalue weighted by Gasteiger charge is -2.19. The summed E-state index contributed by atoms with van der Waals surface area (Å²) in [7, 11) is 0. The van der Waals surface area contributed by atoms with Crippen molar-refractivity contribution >= 4 is 23.2 Å². The zero-order valence-electron chi connectivity index (χ0n) is 8.93. The van der Waals surface area contributed by atoms with Gasteiger partial charge in [0.05, 0.1) is 5.02 Å². The molecule has 1 aromatic carbocycles. The molecule has 0 atom stereocenters. The topological polar surface area (TPSA) is 23.5 Å². The van der Waals surface area contributed by atoms with Crippen molar-refractivity contribution in [1.29, 1.82) is 0 Å². The van der Waals surface area contributed by atoms with E-state index in [0.29, 0.717) is 16.6 Å². The van der Waals surface area contributed by atoms with E-state index in [-0.39, 0.29) is 5.75 Å². The Morgan fingerprint density at radius 2 is 1.80 bits per heavy atom. The van der Waals surface area contributed by atoms with E-state index < -0.39 is 0 Å². The monoisotopic (exact) mass is 247 g/mol. The molecule has 0 aliphatic heterocycles. The molecule has 0 saturated carbocycles. The maximum atomic E-state index is 9.74. The van der Waals surface area contributed by atoms with Crippen LogP contribution in [0.25, 0.3) is 0 Å². The predicted octanol–water partition coefficient (Wildman–Crippen LogP) is 3.54. The van der Waals surface area contributed by atoms with Gasteiger partial charge in [0, 0.05) is 17.1 Å². The van der Waals surface area contributed by atoms with Gasteiger partial charge in [0.15, 0.2) is 0 Å². The first kappa shape index (κ1) is 12.6. The second kappa shape index (κ2) is 5.59. The molecule has 15 heavy (non-hydrogen) atoms. The number of rotatable bonds is 4.